The molecular weight excluding hydrogens is 218 g/mol. The molecule has 0 saturated heterocycles. The van der Waals surface area contributed by atoms with Gasteiger partial charge in [0.25, 0.3) is 0 Å². The number of aromatic nitrogens is 1. The molecule has 0 spiro atoms. The molecule has 0 amide bonds. The molecule has 0 atom stereocenters. The number of hydrogen-bond donors (Lipinski definition) is 2. The van der Waals surface area contributed by atoms with E-state index in [9.17, 15) is 10.2 Å². The Bertz CT molecular complexity index is 671. The molecule has 0 aliphatic rings. The summed E-state index contributed by atoms with van der Waals surface area (Å²) in [5.74, 6) is 0.700. The van der Waals surface area contributed by atoms with Crippen LogP contribution < -0.4 is 0 Å². The molecule has 0 saturated carbocycles. The zero-order chi connectivity index (χ0) is 11.8. The number of phenolic OH excluding ortho intramolecular Hbond substituents is 2. The molecule has 3 rings (SSSR count). The van der Waals surface area contributed by atoms with Crippen LogP contribution in [0.25, 0.3) is 22.6 Å². The molecule has 0 radical (unpaired) electrons. The van der Waals surface area contributed by atoms with E-state index in [1.54, 1.807) is 42.5 Å². The third-order valence-electron chi connectivity index (χ3n) is 2.51. The van der Waals surface area contributed by atoms with Crippen LogP contribution >= 0.6 is 0 Å². The normalized spacial score (nSPS) is 10.8. The molecule has 0 bridgehead atoms. The maximum absolute atomic E-state index is 9.61. The van der Waals surface area contributed by atoms with Crippen molar-refractivity contribution in [3.8, 4) is 23.0 Å². The predicted molar refractivity (Wildman–Crippen MR) is 62.8 cm³/mol. The maximum Gasteiger partial charge on any atom is 0.227 e. The molecule has 4 heteroatoms. The van der Waals surface area contributed by atoms with Crippen LogP contribution in [0.15, 0.2) is 46.9 Å². The number of rotatable bonds is 1. The van der Waals surface area contributed by atoms with E-state index in [4.69, 9.17) is 4.42 Å². The zero-order valence-corrected chi connectivity index (χ0v) is 8.79. The molecule has 2 N–H and O–H groups in total. The van der Waals surface area contributed by atoms with Gasteiger partial charge in [-0.25, -0.2) is 4.98 Å². The second-order valence-corrected chi connectivity index (χ2v) is 3.69. The van der Waals surface area contributed by atoms with Crippen molar-refractivity contribution in [1.82, 2.24) is 4.98 Å². The Hall–Kier alpha value is -2.49. The summed E-state index contributed by atoms with van der Waals surface area (Å²) >= 11 is 0. The first-order chi connectivity index (χ1) is 8.24. The minimum Gasteiger partial charge on any atom is -0.508 e. The second kappa shape index (κ2) is 3.52. The molecule has 17 heavy (non-hydrogen) atoms. The van der Waals surface area contributed by atoms with E-state index in [0.717, 1.165) is 5.56 Å². The van der Waals surface area contributed by atoms with Crippen molar-refractivity contribution in [3.05, 3.63) is 42.5 Å². The van der Waals surface area contributed by atoms with Gasteiger partial charge in [-0.15, -0.1) is 0 Å². The van der Waals surface area contributed by atoms with E-state index in [1.165, 1.54) is 0 Å². The Balaban J connectivity index is 2.18. The van der Waals surface area contributed by atoms with Crippen molar-refractivity contribution in [2.45, 2.75) is 0 Å². The summed E-state index contributed by atoms with van der Waals surface area (Å²) in [7, 11) is 0. The minimum atomic E-state index is 0.0938. The standard InChI is InChI=1S/C13H9NO3/c15-9-6-4-8(5-7-9)13-14-12-10(16)2-1-3-11(12)17-13/h1-7,15-16H. The fourth-order valence-corrected chi connectivity index (χ4v) is 1.66. The number of phenols is 2. The number of hydrogen-bond acceptors (Lipinski definition) is 4. The van der Waals surface area contributed by atoms with Gasteiger partial charge in [-0.1, -0.05) is 6.07 Å². The Kier molecular flexibility index (Phi) is 2.01. The Morgan fingerprint density at radius 1 is 0.941 bits per heavy atom. The zero-order valence-electron chi connectivity index (χ0n) is 8.79. The Morgan fingerprint density at radius 2 is 1.71 bits per heavy atom. The average molecular weight is 227 g/mol. The molecule has 0 aliphatic heterocycles. The van der Waals surface area contributed by atoms with Gasteiger partial charge in [0.1, 0.15) is 11.5 Å². The van der Waals surface area contributed by atoms with Gasteiger partial charge in [-0.2, -0.15) is 0 Å². The van der Waals surface area contributed by atoms with Gasteiger partial charge in [0, 0.05) is 5.56 Å². The first-order valence-corrected chi connectivity index (χ1v) is 5.12. The number of benzene rings is 2. The molecule has 0 aliphatic carbocycles. The van der Waals surface area contributed by atoms with E-state index in [1.807, 2.05) is 0 Å². The maximum atomic E-state index is 9.61. The first-order valence-electron chi connectivity index (χ1n) is 5.12. The third kappa shape index (κ3) is 1.59. The highest BCUT2D eigenvalue weighted by molar-refractivity contribution is 5.81. The molecule has 0 unspecified atom stereocenters. The lowest BCUT2D eigenvalue weighted by molar-refractivity contribution is 0.475. The number of nitrogens with zero attached hydrogens (tertiary/aromatic N) is 1. The van der Waals surface area contributed by atoms with Crippen molar-refractivity contribution in [2.24, 2.45) is 0 Å². The quantitative estimate of drug-likeness (QED) is 0.670. The van der Waals surface area contributed by atoms with Crippen LogP contribution in [0.5, 0.6) is 11.5 Å². The largest absolute Gasteiger partial charge is 0.508 e. The van der Waals surface area contributed by atoms with Crippen molar-refractivity contribution < 1.29 is 14.6 Å². The van der Waals surface area contributed by atoms with Crippen LogP contribution in [-0.4, -0.2) is 15.2 Å². The number of fused-ring (bicyclic) bond motifs is 1. The highest BCUT2D eigenvalue weighted by Crippen LogP contribution is 2.29. The van der Waals surface area contributed by atoms with E-state index in [0.29, 0.717) is 17.0 Å². The summed E-state index contributed by atoms with van der Waals surface area (Å²) < 4.78 is 5.52. The lowest BCUT2D eigenvalue weighted by Gasteiger charge is -1.94. The molecule has 3 aromatic rings. The summed E-state index contributed by atoms with van der Waals surface area (Å²) in [6, 6.07) is 11.5. The lowest BCUT2D eigenvalue weighted by Crippen LogP contribution is -1.76. The number of para-hydroxylation sites is 1. The van der Waals surface area contributed by atoms with E-state index in [2.05, 4.69) is 4.98 Å². The fourth-order valence-electron chi connectivity index (χ4n) is 1.66. The van der Waals surface area contributed by atoms with Gasteiger partial charge in [-0.3, -0.25) is 0 Å². The molecule has 0 fully saturated rings. The highest BCUT2D eigenvalue weighted by Gasteiger charge is 2.10. The van der Waals surface area contributed by atoms with E-state index in [-0.39, 0.29) is 11.5 Å². The van der Waals surface area contributed by atoms with Crippen molar-refractivity contribution in [1.29, 1.82) is 0 Å². The summed E-state index contributed by atoms with van der Waals surface area (Å²) in [6.07, 6.45) is 0. The second-order valence-electron chi connectivity index (χ2n) is 3.69. The SMILES string of the molecule is Oc1ccc(-c2nc3c(O)cccc3o2)cc1. The van der Waals surface area contributed by atoms with Crippen molar-refractivity contribution in [2.75, 3.05) is 0 Å². The van der Waals surface area contributed by atoms with E-state index < -0.39 is 0 Å². The highest BCUT2D eigenvalue weighted by atomic mass is 16.3. The molecule has 2 aromatic carbocycles. The van der Waals surface area contributed by atoms with Gasteiger partial charge in [0.15, 0.2) is 11.1 Å². The van der Waals surface area contributed by atoms with Gasteiger partial charge < -0.3 is 14.6 Å². The monoisotopic (exact) mass is 227 g/mol. The van der Waals surface area contributed by atoms with E-state index >= 15 is 0 Å². The fraction of sp³-hybridized carbons (Fsp3) is 0. The van der Waals surface area contributed by atoms with Crippen molar-refractivity contribution in [3.63, 3.8) is 0 Å². The van der Waals surface area contributed by atoms with Crippen LogP contribution in [0.3, 0.4) is 0 Å². The first kappa shape index (κ1) is 9.72. The molecule has 1 heterocycles. The third-order valence-corrected chi connectivity index (χ3v) is 2.51. The van der Waals surface area contributed by atoms with Crippen molar-refractivity contribution >= 4 is 11.1 Å². The minimum absolute atomic E-state index is 0.0938. The average Bonchev–Trinajstić information content (AvgIpc) is 2.75. The van der Waals surface area contributed by atoms with Crippen LogP contribution in [0, 0.1) is 0 Å². The van der Waals surface area contributed by atoms with Gasteiger partial charge in [0.2, 0.25) is 5.89 Å². The molecule has 4 nitrogen and oxygen atoms in total. The van der Waals surface area contributed by atoms with Crippen LogP contribution in [0.2, 0.25) is 0 Å². The smallest absolute Gasteiger partial charge is 0.227 e. The summed E-state index contributed by atoms with van der Waals surface area (Å²) in [6.45, 7) is 0. The Morgan fingerprint density at radius 3 is 2.41 bits per heavy atom. The lowest BCUT2D eigenvalue weighted by atomic mass is 10.2. The topological polar surface area (TPSA) is 66.5 Å². The summed E-state index contributed by atoms with van der Waals surface area (Å²) in [4.78, 5) is 4.21. The summed E-state index contributed by atoms with van der Waals surface area (Å²) in [5.41, 5.74) is 1.72. The Labute approximate surface area is 96.8 Å². The van der Waals surface area contributed by atoms with Crippen LogP contribution in [0.4, 0.5) is 0 Å². The molecule has 84 valence electrons. The number of aromatic hydroxyl groups is 2. The predicted octanol–water partition coefficient (Wildman–Crippen LogP) is 2.91. The molecule has 1 aromatic heterocycles. The van der Waals surface area contributed by atoms with Crippen LogP contribution in [0.1, 0.15) is 0 Å². The van der Waals surface area contributed by atoms with Gasteiger partial charge in [0.05, 0.1) is 0 Å². The van der Waals surface area contributed by atoms with Gasteiger partial charge in [-0.05, 0) is 36.4 Å². The van der Waals surface area contributed by atoms with Crippen LogP contribution in [-0.2, 0) is 0 Å². The summed E-state index contributed by atoms with van der Waals surface area (Å²) in [5, 5.41) is 18.8. The molecular formula is C13H9NO3. The van der Waals surface area contributed by atoms with Gasteiger partial charge >= 0.3 is 0 Å². The number of oxazole rings is 1.